The number of thioether (sulfide) groups is 1. The lowest BCUT2D eigenvalue weighted by Crippen LogP contribution is -2.23. The third kappa shape index (κ3) is 6.46. The predicted molar refractivity (Wildman–Crippen MR) is 154 cm³/mol. The summed E-state index contributed by atoms with van der Waals surface area (Å²) < 4.78 is 5.04. The van der Waals surface area contributed by atoms with Gasteiger partial charge in [-0.2, -0.15) is 0 Å². The fourth-order valence-corrected chi connectivity index (χ4v) is 6.65. The lowest BCUT2D eigenvalue weighted by molar-refractivity contribution is -0.115. The molecule has 0 saturated carbocycles. The van der Waals surface area contributed by atoms with E-state index in [1.165, 1.54) is 35.1 Å². The van der Waals surface area contributed by atoms with E-state index in [1.807, 2.05) is 61.5 Å². The molecule has 0 radical (unpaired) electrons. The Bertz CT molecular complexity index is 1260. The van der Waals surface area contributed by atoms with Crippen LogP contribution in [0.25, 0.3) is 0 Å². The van der Waals surface area contributed by atoms with Gasteiger partial charge in [-0.15, -0.1) is 23.1 Å². The van der Waals surface area contributed by atoms with Gasteiger partial charge in [0.15, 0.2) is 5.11 Å². The van der Waals surface area contributed by atoms with Crippen LogP contribution in [0.1, 0.15) is 41.1 Å². The monoisotopic (exact) mass is 539 g/mol. The first-order chi connectivity index (χ1) is 17.3. The fraction of sp³-hybridized carbons (Fsp3) is 0.296. The van der Waals surface area contributed by atoms with Gasteiger partial charge in [0.05, 0.1) is 17.9 Å². The van der Waals surface area contributed by atoms with E-state index < -0.39 is 5.97 Å². The van der Waals surface area contributed by atoms with Crippen molar-refractivity contribution < 1.29 is 14.3 Å². The van der Waals surface area contributed by atoms with Crippen LogP contribution in [-0.2, 0) is 22.4 Å². The first-order valence-corrected chi connectivity index (χ1v) is 13.9. The molecule has 0 saturated heterocycles. The van der Waals surface area contributed by atoms with Gasteiger partial charge in [0.1, 0.15) is 5.00 Å². The molecule has 9 heteroatoms. The van der Waals surface area contributed by atoms with Crippen LogP contribution >= 0.6 is 35.3 Å². The maximum absolute atomic E-state index is 13.1. The highest BCUT2D eigenvalue weighted by atomic mass is 32.2. The smallest absolute Gasteiger partial charge is 0.341 e. The van der Waals surface area contributed by atoms with E-state index in [0.29, 0.717) is 21.6 Å². The number of rotatable bonds is 7. The molecule has 36 heavy (non-hydrogen) atoms. The molecule has 1 heterocycles. The summed E-state index contributed by atoms with van der Waals surface area (Å²) in [5.41, 5.74) is 3.27. The lowest BCUT2D eigenvalue weighted by Gasteiger charge is -2.18. The molecule has 3 aromatic rings. The van der Waals surface area contributed by atoms with Gasteiger partial charge in [-0.25, -0.2) is 4.79 Å². The van der Waals surface area contributed by atoms with Gasteiger partial charge in [-0.1, -0.05) is 31.2 Å². The van der Waals surface area contributed by atoms with E-state index in [0.717, 1.165) is 41.1 Å². The summed E-state index contributed by atoms with van der Waals surface area (Å²) in [7, 11) is 1.38. The van der Waals surface area contributed by atoms with Gasteiger partial charge >= 0.3 is 5.97 Å². The zero-order valence-corrected chi connectivity index (χ0v) is 22.9. The molecular formula is C27H29N3O3S3. The maximum Gasteiger partial charge on any atom is 0.341 e. The summed E-state index contributed by atoms with van der Waals surface area (Å²) in [6.07, 6.45) is 2.78. The number of hydrogen-bond donors (Lipinski definition) is 3. The number of esters is 1. The van der Waals surface area contributed by atoms with Gasteiger partial charge in [0.25, 0.3) is 0 Å². The molecule has 2 unspecified atom stereocenters. The van der Waals surface area contributed by atoms with E-state index in [1.54, 1.807) is 0 Å². The topological polar surface area (TPSA) is 79.5 Å². The number of carbonyl (C=O) groups is 2. The molecule has 4 rings (SSSR count). The second kappa shape index (κ2) is 11.9. The molecule has 6 nitrogen and oxygen atoms in total. The fourth-order valence-electron chi connectivity index (χ4n) is 4.09. The van der Waals surface area contributed by atoms with E-state index in [4.69, 9.17) is 17.0 Å². The molecule has 1 aliphatic rings. The van der Waals surface area contributed by atoms with Gasteiger partial charge < -0.3 is 20.7 Å². The molecule has 0 spiro atoms. The van der Waals surface area contributed by atoms with Crippen molar-refractivity contribution >= 4 is 68.7 Å². The molecule has 0 fully saturated rings. The molecule has 2 aromatic carbocycles. The highest BCUT2D eigenvalue weighted by molar-refractivity contribution is 8.00. The Morgan fingerprint density at radius 2 is 1.81 bits per heavy atom. The van der Waals surface area contributed by atoms with E-state index in [9.17, 15) is 9.59 Å². The second-order valence-corrected chi connectivity index (χ2v) is 11.7. The van der Waals surface area contributed by atoms with Crippen LogP contribution in [0.5, 0.6) is 0 Å². The van der Waals surface area contributed by atoms with Crippen molar-refractivity contribution in [2.45, 2.75) is 43.3 Å². The standard InChI is InChI=1S/C27H29N3O3S3/c1-16-12-13-21-22(14-16)36-25(23(21)26(32)33-3)30-24(31)17(2)35-20-11-7-10-19(15-20)29-27(34)28-18-8-5-4-6-9-18/h4-11,15-17H,12-14H2,1-3H3,(H,30,31)(H2,28,29,34). The summed E-state index contributed by atoms with van der Waals surface area (Å²) in [6, 6.07) is 17.5. The lowest BCUT2D eigenvalue weighted by atomic mass is 9.88. The molecule has 2 atom stereocenters. The highest BCUT2D eigenvalue weighted by Crippen LogP contribution is 2.40. The molecule has 1 amide bonds. The Kier molecular flexibility index (Phi) is 8.66. The number of thiocarbonyl (C=S) groups is 1. The number of benzene rings is 2. The van der Waals surface area contributed by atoms with Gasteiger partial charge in [-0.3, -0.25) is 4.79 Å². The molecule has 188 valence electrons. The average Bonchev–Trinajstić information content (AvgIpc) is 3.20. The van der Waals surface area contributed by atoms with Crippen molar-refractivity contribution in [3.63, 3.8) is 0 Å². The number of ether oxygens (including phenoxy) is 1. The summed E-state index contributed by atoms with van der Waals surface area (Å²) >= 11 is 8.36. The van der Waals surface area contributed by atoms with Crippen LogP contribution in [-0.4, -0.2) is 29.3 Å². The van der Waals surface area contributed by atoms with Crippen molar-refractivity contribution in [3.05, 3.63) is 70.6 Å². The first kappa shape index (κ1) is 26.2. The largest absolute Gasteiger partial charge is 0.465 e. The maximum atomic E-state index is 13.1. The predicted octanol–water partition coefficient (Wildman–Crippen LogP) is 6.59. The minimum Gasteiger partial charge on any atom is -0.465 e. The second-order valence-electron chi connectivity index (χ2n) is 8.77. The van der Waals surface area contributed by atoms with Crippen molar-refractivity contribution in [2.75, 3.05) is 23.1 Å². The molecule has 1 aliphatic carbocycles. The van der Waals surface area contributed by atoms with Crippen LogP contribution < -0.4 is 16.0 Å². The number of thiophene rings is 1. The quantitative estimate of drug-likeness (QED) is 0.178. The minimum absolute atomic E-state index is 0.156. The SMILES string of the molecule is COC(=O)c1c(NC(=O)C(C)Sc2cccc(NC(=S)Nc3ccccc3)c2)sc2c1CCC(C)C2. The number of nitrogens with one attached hydrogen (secondary N) is 3. The van der Waals surface area contributed by atoms with Crippen molar-refractivity contribution in [3.8, 4) is 0 Å². The molecule has 3 N–H and O–H groups in total. The third-order valence-electron chi connectivity index (χ3n) is 5.94. The van der Waals surface area contributed by atoms with Crippen LogP contribution in [0.15, 0.2) is 59.5 Å². The van der Waals surface area contributed by atoms with Gasteiger partial charge in [0.2, 0.25) is 5.91 Å². The Balaban J connectivity index is 1.41. The Labute approximate surface area is 225 Å². The number of fused-ring (bicyclic) bond motifs is 1. The summed E-state index contributed by atoms with van der Waals surface area (Å²) in [6.45, 7) is 4.07. The van der Waals surface area contributed by atoms with Crippen LogP contribution in [0.3, 0.4) is 0 Å². The van der Waals surface area contributed by atoms with E-state index in [2.05, 4.69) is 22.9 Å². The zero-order chi connectivity index (χ0) is 25.7. The number of methoxy groups -OCH3 is 1. The summed E-state index contributed by atoms with van der Waals surface area (Å²) in [4.78, 5) is 27.7. The third-order valence-corrected chi connectivity index (χ3v) is 8.41. The average molecular weight is 540 g/mol. The van der Waals surface area contributed by atoms with E-state index in [-0.39, 0.29) is 11.2 Å². The van der Waals surface area contributed by atoms with Crippen molar-refractivity contribution in [1.29, 1.82) is 0 Å². The minimum atomic E-state index is -0.392. The highest BCUT2D eigenvalue weighted by Gasteiger charge is 2.29. The van der Waals surface area contributed by atoms with Crippen LogP contribution in [0, 0.1) is 5.92 Å². The molecular weight excluding hydrogens is 511 g/mol. The Morgan fingerprint density at radius 3 is 2.56 bits per heavy atom. The van der Waals surface area contributed by atoms with Gasteiger partial charge in [0, 0.05) is 21.1 Å². The zero-order valence-electron chi connectivity index (χ0n) is 20.4. The summed E-state index contributed by atoms with van der Waals surface area (Å²) in [5, 5.41) is 10.0. The number of para-hydroxylation sites is 1. The molecule has 0 bridgehead atoms. The van der Waals surface area contributed by atoms with Crippen LogP contribution in [0.2, 0.25) is 0 Å². The van der Waals surface area contributed by atoms with Crippen molar-refractivity contribution in [1.82, 2.24) is 0 Å². The number of carbonyl (C=O) groups excluding carboxylic acids is 2. The summed E-state index contributed by atoms with van der Waals surface area (Å²) in [5.74, 6) is 0.0179. The number of hydrogen-bond acceptors (Lipinski definition) is 6. The Hall–Kier alpha value is -2.88. The normalized spacial score (nSPS) is 15.4. The Morgan fingerprint density at radius 1 is 1.08 bits per heavy atom. The van der Waals surface area contributed by atoms with Crippen LogP contribution in [0.4, 0.5) is 16.4 Å². The van der Waals surface area contributed by atoms with E-state index >= 15 is 0 Å². The number of amides is 1. The van der Waals surface area contributed by atoms with Crippen molar-refractivity contribution in [2.24, 2.45) is 5.92 Å². The molecule has 1 aromatic heterocycles. The van der Waals surface area contributed by atoms with Gasteiger partial charge in [-0.05, 0) is 80.2 Å². The number of anilines is 3. The molecule has 0 aliphatic heterocycles. The first-order valence-electron chi connectivity index (χ1n) is 11.8.